The van der Waals surface area contributed by atoms with Gasteiger partial charge in [-0.2, -0.15) is 0 Å². The van der Waals surface area contributed by atoms with Crippen LogP contribution in [-0.2, 0) is 26.5 Å². The average molecular weight is 328 g/mol. The normalized spacial score (nSPS) is 21.3. The first-order valence-electron chi connectivity index (χ1n) is 6.87. The molecule has 1 atom stereocenters. The molecule has 1 unspecified atom stereocenters. The highest BCUT2D eigenvalue weighted by Crippen LogP contribution is 2.43. The minimum absolute atomic E-state index is 0.435. The third-order valence-electron chi connectivity index (χ3n) is 3.84. The van der Waals surface area contributed by atoms with Gasteiger partial charge in [0, 0.05) is 17.3 Å². The van der Waals surface area contributed by atoms with Crippen molar-refractivity contribution in [1.29, 1.82) is 0 Å². The minimum atomic E-state index is -1.06. The first-order chi connectivity index (χ1) is 10.1. The van der Waals surface area contributed by atoms with E-state index in [2.05, 4.69) is 4.98 Å². The van der Waals surface area contributed by atoms with Crippen LogP contribution in [0.3, 0.4) is 0 Å². The topological polar surface area (TPSA) is 51.3 Å². The molecule has 2 heterocycles. The third kappa shape index (κ3) is 2.22. The summed E-state index contributed by atoms with van der Waals surface area (Å²) >= 11 is 12.5. The number of carbonyl (C=O) groups is 1. The van der Waals surface area contributed by atoms with Gasteiger partial charge < -0.3 is 14.5 Å². The van der Waals surface area contributed by atoms with Gasteiger partial charge >= 0.3 is 0 Å². The lowest BCUT2D eigenvalue weighted by Gasteiger charge is -2.35. The molecule has 0 aliphatic carbocycles. The van der Waals surface area contributed by atoms with Gasteiger partial charge in [-0.05, 0) is 30.5 Å². The predicted molar refractivity (Wildman–Crippen MR) is 81.7 cm³/mol. The lowest BCUT2D eigenvalue weighted by molar-refractivity contribution is -0.239. The van der Waals surface area contributed by atoms with Crippen molar-refractivity contribution >= 4 is 40.6 Å². The fourth-order valence-corrected chi connectivity index (χ4v) is 3.44. The summed E-state index contributed by atoms with van der Waals surface area (Å²) in [6.07, 6.45) is 2.09. The largest absolute Gasteiger partial charge is 0.429 e. The standard InChI is InChI=1S/C15H15Cl2NO3/c1-2-6-15(21-8-19)14-9(5-7-20-15)12-11(18-14)4-3-10(16)13(12)17/h3-4,8,18H,2,5-7H2,1H3. The molecule has 2 aromatic rings. The van der Waals surface area contributed by atoms with E-state index in [1.807, 2.05) is 13.0 Å². The number of rotatable bonds is 4. The molecule has 1 aromatic heterocycles. The summed E-state index contributed by atoms with van der Waals surface area (Å²) < 4.78 is 11.1. The number of carbonyl (C=O) groups excluding carboxylic acids is 1. The number of halogens is 2. The van der Waals surface area contributed by atoms with Gasteiger partial charge in [0.2, 0.25) is 0 Å². The van der Waals surface area contributed by atoms with Crippen LogP contribution in [0.2, 0.25) is 10.0 Å². The molecule has 3 rings (SSSR count). The molecular formula is C15H15Cl2NO3. The van der Waals surface area contributed by atoms with E-state index in [1.54, 1.807) is 6.07 Å². The van der Waals surface area contributed by atoms with Crippen molar-refractivity contribution in [2.75, 3.05) is 6.61 Å². The van der Waals surface area contributed by atoms with Crippen LogP contribution < -0.4 is 0 Å². The molecule has 0 fully saturated rings. The molecule has 0 bridgehead atoms. The van der Waals surface area contributed by atoms with Gasteiger partial charge in [0.15, 0.2) is 0 Å². The fourth-order valence-electron chi connectivity index (χ4n) is 3.01. The molecule has 1 aliphatic rings. The molecule has 0 spiro atoms. The van der Waals surface area contributed by atoms with Crippen LogP contribution in [0.5, 0.6) is 0 Å². The zero-order valence-electron chi connectivity index (χ0n) is 11.5. The summed E-state index contributed by atoms with van der Waals surface area (Å²) in [5, 5.41) is 1.91. The summed E-state index contributed by atoms with van der Waals surface area (Å²) in [5.74, 6) is -1.06. The zero-order chi connectivity index (χ0) is 15.0. The Morgan fingerprint density at radius 1 is 1.48 bits per heavy atom. The van der Waals surface area contributed by atoms with Gasteiger partial charge in [0.25, 0.3) is 12.3 Å². The van der Waals surface area contributed by atoms with E-state index in [1.165, 1.54) is 0 Å². The van der Waals surface area contributed by atoms with Crippen molar-refractivity contribution in [3.05, 3.63) is 33.4 Å². The molecule has 0 saturated heterocycles. The van der Waals surface area contributed by atoms with Crippen molar-refractivity contribution in [1.82, 2.24) is 4.98 Å². The van der Waals surface area contributed by atoms with Crippen LogP contribution >= 0.6 is 23.2 Å². The number of aromatic nitrogens is 1. The van der Waals surface area contributed by atoms with Crippen LogP contribution in [0.15, 0.2) is 12.1 Å². The number of aromatic amines is 1. The SMILES string of the molecule is CCCC1(OC=O)OCCc2c1[nH]c1ccc(Cl)c(Cl)c21. The molecule has 0 amide bonds. The number of H-pyrrole nitrogens is 1. The Kier molecular flexibility index (Phi) is 3.86. The molecule has 1 aliphatic heterocycles. The van der Waals surface area contributed by atoms with Gasteiger partial charge in [-0.1, -0.05) is 30.1 Å². The second-order valence-corrected chi connectivity index (χ2v) is 5.86. The Labute approximate surface area is 132 Å². The Bertz CT molecular complexity index is 698. The highest BCUT2D eigenvalue weighted by atomic mass is 35.5. The van der Waals surface area contributed by atoms with Crippen LogP contribution in [0.25, 0.3) is 10.9 Å². The van der Waals surface area contributed by atoms with Gasteiger partial charge in [-0.3, -0.25) is 4.79 Å². The number of benzene rings is 1. The predicted octanol–water partition coefficient (Wildman–Crippen LogP) is 4.17. The maximum absolute atomic E-state index is 10.9. The molecule has 1 N–H and O–H groups in total. The van der Waals surface area contributed by atoms with Gasteiger partial charge in [-0.25, -0.2) is 0 Å². The highest BCUT2D eigenvalue weighted by molar-refractivity contribution is 6.45. The van der Waals surface area contributed by atoms with E-state index in [4.69, 9.17) is 32.7 Å². The van der Waals surface area contributed by atoms with Crippen molar-refractivity contribution in [3.63, 3.8) is 0 Å². The number of nitrogens with one attached hydrogen (secondary N) is 1. The van der Waals surface area contributed by atoms with Crippen molar-refractivity contribution in [2.45, 2.75) is 32.0 Å². The van der Waals surface area contributed by atoms with Gasteiger partial charge in [-0.15, -0.1) is 0 Å². The summed E-state index contributed by atoms with van der Waals surface area (Å²) in [6.45, 7) is 2.92. The quantitative estimate of drug-likeness (QED) is 0.857. The molecule has 112 valence electrons. The maximum Gasteiger partial charge on any atom is 0.295 e. The number of hydrogen-bond donors (Lipinski definition) is 1. The summed E-state index contributed by atoms with van der Waals surface area (Å²) in [4.78, 5) is 14.2. The summed E-state index contributed by atoms with van der Waals surface area (Å²) in [5.41, 5.74) is 2.65. The maximum atomic E-state index is 10.9. The zero-order valence-corrected chi connectivity index (χ0v) is 13.1. The van der Waals surface area contributed by atoms with E-state index in [0.717, 1.165) is 28.6 Å². The Morgan fingerprint density at radius 3 is 3.00 bits per heavy atom. The number of hydrogen-bond acceptors (Lipinski definition) is 3. The second kappa shape index (κ2) is 5.52. The minimum Gasteiger partial charge on any atom is -0.429 e. The van der Waals surface area contributed by atoms with Gasteiger partial charge in [0.1, 0.15) is 0 Å². The van der Waals surface area contributed by atoms with Crippen molar-refractivity contribution < 1.29 is 14.3 Å². The first-order valence-corrected chi connectivity index (χ1v) is 7.63. The fraction of sp³-hybridized carbons (Fsp3) is 0.400. The number of ether oxygens (including phenoxy) is 2. The Balaban J connectivity index is 2.26. The van der Waals surface area contributed by atoms with Gasteiger partial charge in [0.05, 0.1) is 22.3 Å². The number of fused-ring (bicyclic) bond motifs is 3. The Hall–Kier alpha value is -1.23. The van der Waals surface area contributed by atoms with Crippen molar-refractivity contribution in [2.24, 2.45) is 0 Å². The lowest BCUT2D eigenvalue weighted by Crippen LogP contribution is -2.38. The first kappa shape index (κ1) is 14.7. The second-order valence-electron chi connectivity index (χ2n) is 5.08. The molecule has 21 heavy (non-hydrogen) atoms. The van der Waals surface area contributed by atoms with E-state index in [-0.39, 0.29) is 0 Å². The van der Waals surface area contributed by atoms with E-state index in [9.17, 15) is 4.79 Å². The van der Waals surface area contributed by atoms with Crippen LogP contribution in [0.4, 0.5) is 0 Å². The molecule has 1 aromatic carbocycles. The molecule has 0 radical (unpaired) electrons. The average Bonchev–Trinajstić information content (AvgIpc) is 2.85. The van der Waals surface area contributed by atoms with E-state index in [0.29, 0.717) is 36.0 Å². The van der Waals surface area contributed by atoms with Crippen LogP contribution in [-0.4, -0.2) is 18.1 Å². The highest BCUT2D eigenvalue weighted by Gasteiger charge is 2.42. The molecule has 6 heteroatoms. The molecular weight excluding hydrogens is 313 g/mol. The smallest absolute Gasteiger partial charge is 0.295 e. The summed E-state index contributed by atoms with van der Waals surface area (Å²) in [7, 11) is 0. The van der Waals surface area contributed by atoms with Crippen molar-refractivity contribution in [3.8, 4) is 0 Å². The monoisotopic (exact) mass is 327 g/mol. The molecule has 4 nitrogen and oxygen atoms in total. The summed E-state index contributed by atoms with van der Waals surface area (Å²) in [6, 6.07) is 3.62. The lowest BCUT2D eigenvalue weighted by atomic mass is 9.97. The van der Waals surface area contributed by atoms with Crippen LogP contribution in [0, 0.1) is 0 Å². The third-order valence-corrected chi connectivity index (χ3v) is 4.65. The molecule has 0 saturated carbocycles. The van der Waals surface area contributed by atoms with Crippen LogP contribution in [0.1, 0.15) is 31.0 Å². The van der Waals surface area contributed by atoms with E-state index >= 15 is 0 Å². The van der Waals surface area contributed by atoms with E-state index < -0.39 is 5.79 Å². The Morgan fingerprint density at radius 2 is 2.29 bits per heavy atom.